The van der Waals surface area contributed by atoms with Crippen LogP contribution in [-0.2, 0) is 6.61 Å². The van der Waals surface area contributed by atoms with Crippen molar-refractivity contribution >= 4 is 5.69 Å². The van der Waals surface area contributed by atoms with Crippen LogP contribution in [0.4, 0.5) is 5.69 Å². The van der Waals surface area contributed by atoms with Gasteiger partial charge in [0, 0.05) is 31.9 Å². The van der Waals surface area contributed by atoms with E-state index in [1.54, 1.807) is 0 Å². The predicted octanol–water partition coefficient (Wildman–Crippen LogP) is 2.41. The van der Waals surface area contributed by atoms with E-state index in [-0.39, 0.29) is 6.61 Å². The average molecular weight is 262 g/mol. The van der Waals surface area contributed by atoms with Crippen LogP contribution in [0, 0.1) is 6.92 Å². The topological polar surface area (TPSA) is 26.7 Å². The van der Waals surface area contributed by atoms with Crippen molar-refractivity contribution in [2.75, 3.05) is 31.6 Å². The number of aliphatic hydroxyl groups is 1. The molecule has 0 unspecified atom stereocenters. The Morgan fingerprint density at radius 3 is 2.53 bits per heavy atom. The number of piperidine rings is 1. The molecule has 0 aromatic heterocycles. The molecule has 0 saturated carbocycles. The van der Waals surface area contributed by atoms with Gasteiger partial charge in [-0.15, -0.1) is 0 Å². The van der Waals surface area contributed by atoms with Crippen LogP contribution in [0.5, 0.6) is 0 Å². The molecule has 1 heterocycles. The first-order valence-corrected chi connectivity index (χ1v) is 7.31. The van der Waals surface area contributed by atoms with E-state index in [0.717, 1.165) is 5.56 Å². The van der Waals surface area contributed by atoms with Crippen LogP contribution < -0.4 is 4.90 Å². The lowest BCUT2D eigenvalue weighted by molar-refractivity contribution is 0.221. The molecule has 0 radical (unpaired) electrons. The standard InChI is InChI=1S/C16H26N2O/c1-4-18-9-7-15(8-10-18)17(3)16-6-5-14(12-19)13(2)11-16/h5-6,11,15,19H,4,7-10,12H2,1-3H3. The van der Waals surface area contributed by atoms with E-state index >= 15 is 0 Å². The monoisotopic (exact) mass is 262 g/mol. The maximum atomic E-state index is 9.23. The Balaban J connectivity index is 2.03. The van der Waals surface area contributed by atoms with Crippen molar-refractivity contribution in [2.45, 2.75) is 39.3 Å². The van der Waals surface area contributed by atoms with E-state index in [1.165, 1.54) is 43.7 Å². The van der Waals surface area contributed by atoms with Crippen LogP contribution in [-0.4, -0.2) is 42.7 Å². The Morgan fingerprint density at radius 2 is 2.00 bits per heavy atom. The van der Waals surface area contributed by atoms with Crippen molar-refractivity contribution in [1.82, 2.24) is 4.90 Å². The second kappa shape index (κ2) is 6.40. The van der Waals surface area contributed by atoms with Crippen molar-refractivity contribution in [3.05, 3.63) is 29.3 Å². The lowest BCUT2D eigenvalue weighted by atomic mass is 10.0. The zero-order valence-electron chi connectivity index (χ0n) is 12.4. The highest BCUT2D eigenvalue weighted by Gasteiger charge is 2.21. The van der Waals surface area contributed by atoms with E-state index in [1.807, 2.05) is 6.07 Å². The lowest BCUT2D eigenvalue weighted by Crippen LogP contribution is -2.43. The lowest BCUT2D eigenvalue weighted by Gasteiger charge is -2.37. The van der Waals surface area contributed by atoms with E-state index < -0.39 is 0 Å². The third-order valence-electron chi connectivity index (χ3n) is 4.46. The summed E-state index contributed by atoms with van der Waals surface area (Å²) in [6, 6.07) is 7.01. The highest BCUT2D eigenvalue weighted by Crippen LogP contribution is 2.24. The third-order valence-corrected chi connectivity index (χ3v) is 4.46. The van der Waals surface area contributed by atoms with Gasteiger partial charge in [0.15, 0.2) is 0 Å². The molecule has 0 aliphatic carbocycles. The molecule has 0 bridgehead atoms. The molecule has 0 atom stereocenters. The predicted molar refractivity (Wildman–Crippen MR) is 80.6 cm³/mol. The van der Waals surface area contributed by atoms with Gasteiger partial charge in [-0.1, -0.05) is 13.0 Å². The first kappa shape index (κ1) is 14.4. The fourth-order valence-corrected chi connectivity index (χ4v) is 2.91. The van der Waals surface area contributed by atoms with Crippen LogP contribution in [0.1, 0.15) is 30.9 Å². The average Bonchev–Trinajstić information content (AvgIpc) is 2.46. The highest BCUT2D eigenvalue weighted by molar-refractivity contribution is 5.51. The number of hydrogen-bond donors (Lipinski definition) is 1. The summed E-state index contributed by atoms with van der Waals surface area (Å²) in [5, 5.41) is 9.23. The van der Waals surface area contributed by atoms with E-state index in [4.69, 9.17) is 0 Å². The zero-order valence-corrected chi connectivity index (χ0v) is 12.4. The minimum Gasteiger partial charge on any atom is -0.392 e. The first-order chi connectivity index (χ1) is 9.15. The minimum atomic E-state index is 0.130. The molecule has 1 aliphatic heterocycles. The molecule has 3 heteroatoms. The van der Waals surface area contributed by atoms with Gasteiger partial charge < -0.3 is 14.9 Å². The van der Waals surface area contributed by atoms with Crippen LogP contribution in [0.15, 0.2) is 18.2 Å². The van der Waals surface area contributed by atoms with Crippen molar-refractivity contribution in [3.8, 4) is 0 Å². The third kappa shape index (κ3) is 3.28. The van der Waals surface area contributed by atoms with Gasteiger partial charge in [-0.3, -0.25) is 0 Å². The summed E-state index contributed by atoms with van der Waals surface area (Å²) >= 11 is 0. The summed E-state index contributed by atoms with van der Waals surface area (Å²) in [6.45, 7) is 8.02. The molecular formula is C16H26N2O. The zero-order chi connectivity index (χ0) is 13.8. The number of rotatable bonds is 4. The molecule has 1 aromatic rings. The Labute approximate surface area is 116 Å². The Kier molecular flexibility index (Phi) is 4.83. The quantitative estimate of drug-likeness (QED) is 0.902. The van der Waals surface area contributed by atoms with Crippen LogP contribution >= 0.6 is 0 Å². The number of benzene rings is 1. The second-order valence-electron chi connectivity index (χ2n) is 5.55. The molecule has 19 heavy (non-hydrogen) atoms. The van der Waals surface area contributed by atoms with Gasteiger partial charge in [-0.25, -0.2) is 0 Å². The van der Waals surface area contributed by atoms with Gasteiger partial charge in [0.1, 0.15) is 0 Å². The number of anilines is 1. The largest absolute Gasteiger partial charge is 0.392 e. The van der Waals surface area contributed by atoms with Gasteiger partial charge in [0.25, 0.3) is 0 Å². The summed E-state index contributed by atoms with van der Waals surface area (Å²) in [5.74, 6) is 0. The molecular weight excluding hydrogens is 236 g/mol. The molecule has 1 aliphatic rings. The van der Waals surface area contributed by atoms with Crippen LogP contribution in [0.2, 0.25) is 0 Å². The van der Waals surface area contributed by atoms with Crippen molar-refractivity contribution in [2.24, 2.45) is 0 Å². The Hall–Kier alpha value is -1.06. The molecule has 1 fully saturated rings. The van der Waals surface area contributed by atoms with E-state index in [9.17, 15) is 5.11 Å². The fraction of sp³-hybridized carbons (Fsp3) is 0.625. The second-order valence-corrected chi connectivity index (χ2v) is 5.55. The number of hydrogen-bond acceptors (Lipinski definition) is 3. The smallest absolute Gasteiger partial charge is 0.0684 e. The fourth-order valence-electron chi connectivity index (χ4n) is 2.91. The number of aryl methyl sites for hydroxylation is 1. The van der Waals surface area contributed by atoms with E-state index in [2.05, 4.69) is 42.8 Å². The summed E-state index contributed by atoms with van der Waals surface area (Å²) < 4.78 is 0. The summed E-state index contributed by atoms with van der Waals surface area (Å²) in [7, 11) is 2.19. The van der Waals surface area contributed by atoms with Crippen LogP contribution in [0.3, 0.4) is 0 Å². The molecule has 1 aromatic carbocycles. The summed E-state index contributed by atoms with van der Waals surface area (Å²) in [5.41, 5.74) is 3.47. The maximum Gasteiger partial charge on any atom is 0.0684 e. The minimum absolute atomic E-state index is 0.130. The van der Waals surface area contributed by atoms with Crippen molar-refractivity contribution < 1.29 is 5.11 Å². The molecule has 2 rings (SSSR count). The van der Waals surface area contributed by atoms with Gasteiger partial charge in [-0.2, -0.15) is 0 Å². The molecule has 0 spiro atoms. The van der Waals surface area contributed by atoms with Gasteiger partial charge >= 0.3 is 0 Å². The van der Waals surface area contributed by atoms with Crippen molar-refractivity contribution in [1.29, 1.82) is 0 Å². The molecule has 1 N–H and O–H groups in total. The number of nitrogens with zero attached hydrogens (tertiary/aromatic N) is 2. The van der Waals surface area contributed by atoms with Gasteiger partial charge in [0.2, 0.25) is 0 Å². The Bertz CT molecular complexity index is 411. The van der Waals surface area contributed by atoms with Crippen LogP contribution in [0.25, 0.3) is 0 Å². The highest BCUT2D eigenvalue weighted by atomic mass is 16.3. The summed E-state index contributed by atoms with van der Waals surface area (Å²) in [4.78, 5) is 4.92. The maximum absolute atomic E-state index is 9.23. The van der Waals surface area contributed by atoms with Gasteiger partial charge in [-0.05, 0) is 49.6 Å². The normalized spacial score (nSPS) is 17.7. The summed E-state index contributed by atoms with van der Waals surface area (Å²) in [6.07, 6.45) is 2.48. The number of aliphatic hydroxyl groups excluding tert-OH is 1. The molecule has 0 amide bonds. The Morgan fingerprint density at radius 1 is 1.32 bits per heavy atom. The number of likely N-dealkylation sites (tertiary alicyclic amines) is 1. The van der Waals surface area contributed by atoms with Gasteiger partial charge in [0.05, 0.1) is 6.61 Å². The van der Waals surface area contributed by atoms with E-state index in [0.29, 0.717) is 6.04 Å². The molecule has 106 valence electrons. The van der Waals surface area contributed by atoms with Crippen molar-refractivity contribution in [3.63, 3.8) is 0 Å². The molecule has 1 saturated heterocycles. The molecule has 3 nitrogen and oxygen atoms in total. The first-order valence-electron chi connectivity index (χ1n) is 7.31. The SMILES string of the molecule is CCN1CCC(N(C)c2ccc(CO)c(C)c2)CC1.